The second kappa shape index (κ2) is 11.8. The zero-order valence-electron chi connectivity index (χ0n) is 17.8. The quantitative estimate of drug-likeness (QED) is 0.213. The third-order valence-electron chi connectivity index (χ3n) is 4.75. The number of carbonyl (C=O) groups excluding carboxylic acids is 1. The third kappa shape index (κ3) is 6.25. The Hall–Kier alpha value is -3.50. The Morgan fingerprint density at radius 3 is 2.72 bits per heavy atom. The molecular weight excluding hydrogens is 425 g/mol. The molecule has 0 atom stereocenters. The van der Waals surface area contributed by atoms with Crippen LogP contribution in [0.15, 0.2) is 60.1 Å². The number of para-hydroxylation sites is 1. The third-order valence-corrected chi connectivity index (χ3v) is 5.62. The number of hydrogen-bond acceptors (Lipinski definition) is 6. The van der Waals surface area contributed by atoms with E-state index in [0.29, 0.717) is 34.1 Å². The molecule has 3 aromatic rings. The van der Waals surface area contributed by atoms with Crippen molar-refractivity contribution in [2.75, 3.05) is 11.9 Å². The van der Waals surface area contributed by atoms with Gasteiger partial charge in [0.1, 0.15) is 22.5 Å². The molecule has 0 saturated heterocycles. The lowest BCUT2D eigenvalue weighted by Crippen LogP contribution is -2.09. The highest BCUT2D eigenvalue weighted by Crippen LogP contribution is 2.26. The number of unbranched alkanes of at least 4 members (excludes halogenated alkanes) is 3. The lowest BCUT2D eigenvalue weighted by atomic mass is 10.1. The Bertz CT molecular complexity index is 1120. The SMILES string of the molecule is CCCCCCOC(=O)c1ccccc1NC=C(C#N)c1nc(-c2ccc(F)cc2)cs1. The van der Waals surface area contributed by atoms with E-state index in [2.05, 4.69) is 23.3 Å². The van der Waals surface area contributed by atoms with Gasteiger partial charge >= 0.3 is 5.97 Å². The number of halogens is 1. The van der Waals surface area contributed by atoms with Crippen LogP contribution in [0, 0.1) is 17.1 Å². The molecule has 0 spiro atoms. The van der Waals surface area contributed by atoms with Gasteiger partial charge in [-0.05, 0) is 42.8 Å². The Kier molecular flexibility index (Phi) is 8.52. The highest BCUT2D eigenvalue weighted by molar-refractivity contribution is 7.11. The molecule has 3 rings (SSSR count). The zero-order valence-corrected chi connectivity index (χ0v) is 18.6. The number of benzene rings is 2. The van der Waals surface area contributed by atoms with Crippen LogP contribution in [0.1, 0.15) is 48.0 Å². The molecule has 0 radical (unpaired) electrons. The molecule has 0 aliphatic heterocycles. The summed E-state index contributed by atoms with van der Waals surface area (Å²) in [5.74, 6) is -0.714. The first-order chi connectivity index (χ1) is 15.6. The van der Waals surface area contributed by atoms with Crippen molar-refractivity contribution in [3.8, 4) is 17.3 Å². The smallest absolute Gasteiger partial charge is 0.340 e. The van der Waals surface area contributed by atoms with Gasteiger partial charge < -0.3 is 10.1 Å². The Morgan fingerprint density at radius 1 is 1.19 bits per heavy atom. The number of esters is 1. The highest BCUT2D eigenvalue weighted by Gasteiger charge is 2.13. The first kappa shape index (κ1) is 23.2. The predicted molar refractivity (Wildman–Crippen MR) is 126 cm³/mol. The van der Waals surface area contributed by atoms with E-state index in [9.17, 15) is 14.4 Å². The van der Waals surface area contributed by atoms with E-state index in [-0.39, 0.29) is 5.82 Å². The summed E-state index contributed by atoms with van der Waals surface area (Å²) in [6, 6.07) is 15.2. The van der Waals surface area contributed by atoms with E-state index < -0.39 is 5.97 Å². The van der Waals surface area contributed by atoms with Crippen molar-refractivity contribution in [3.05, 3.63) is 76.5 Å². The normalized spacial score (nSPS) is 11.1. The average molecular weight is 450 g/mol. The minimum Gasteiger partial charge on any atom is -0.462 e. The summed E-state index contributed by atoms with van der Waals surface area (Å²) in [5, 5.41) is 15.0. The minimum absolute atomic E-state index is 0.316. The van der Waals surface area contributed by atoms with Gasteiger partial charge in [0.05, 0.1) is 23.6 Å². The maximum absolute atomic E-state index is 13.1. The van der Waals surface area contributed by atoms with Gasteiger partial charge in [0.2, 0.25) is 0 Å². The number of nitrogens with zero attached hydrogens (tertiary/aromatic N) is 2. The van der Waals surface area contributed by atoms with E-state index in [1.165, 1.54) is 29.7 Å². The van der Waals surface area contributed by atoms with Crippen LogP contribution in [0.25, 0.3) is 16.8 Å². The number of aromatic nitrogens is 1. The number of thiazole rings is 1. The van der Waals surface area contributed by atoms with Crippen LogP contribution in [0.5, 0.6) is 0 Å². The van der Waals surface area contributed by atoms with E-state index >= 15 is 0 Å². The molecule has 0 bridgehead atoms. The van der Waals surface area contributed by atoms with Gasteiger partial charge in [-0.2, -0.15) is 5.26 Å². The average Bonchev–Trinajstić information content (AvgIpc) is 3.30. The molecule has 7 heteroatoms. The standard InChI is InChI=1S/C25H24FN3O2S/c1-2-3-4-7-14-31-25(30)21-8-5-6-9-22(21)28-16-19(15-27)24-29-23(17-32-24)18-10-12-20(26)13-11-18/h5-6,8-13,16-17,28H,2-4,7,14H2,1H3. The van der Waals surface area contributed by atoms with E-state index in [4.69, 9.17) is 4.74 Å². The molecule has 1 aromatic heterocycles. The van der Waals surface area contributed by atoms with Gasteiger partial charge in [-0.3, -0.25) is 0 Å². The number of rotatable bonds is 10. The molecule has 32 heavy (non-hydrogen) atoms. The highest BCUT2D eigenvalue weighted by atomic mass is 32.1. The maximum Gasteiger partial charge on any atom is 0.340 e. The summed E-state index contributed by atoms with van der Waals surface area (Å²) in [5.41, 5.74) is 2.72. The summed E-state index contributed by atoms with van der Waals surface area (Å²) in [6.45, 7) is 2.52. The van der Waals surface area contributed by atoms with Crippen LogP contribution >= 0.6 is 11.3 Å². The Morgan fingerprint density at radius 2 is 1.97 bits per heavy atom. The minimum atomic E-state index is -0.399. The number of hydrogen-bond donors (Lipinski definition) is 1. The summed E-state index contributed by atoms with van der Waals surface area (Å²) in [4.78, 5) is 17.0. The van der Waals surface area contributed by atoms with Crippen LogP contribution in [0.2, 0.25) is 0 Å². The van der Waals surface area contributed by atoms with Crippen molar-refractivity contribution in [2.45, 2.75) is 32.6 Å². The number of carbonyl (C=O) groups is 1. The van der Waals surface area contributed by atoms with Crippen LogP contribution < -0.4 is 5.32 Å². The molecule has 1 heterocycles. The van der Waals surface area contributed by atoms with Gasteiger partial charge in [0.25, 0.3) is 0 Å². The van der Waals surface area contributed by atoms with Crippen molar-refractivity contribution in [2.24, 2.45) is 0 Å². The molecule has 0 fully saturated rings. The molecule has 5 nitrogen and oxygen atoms in total. The number of allylic oxidation sites excluding steroid dienone is 1. The van der Waals surface area contributed by atoms with Gasteiger partial charge in [-0.1, -0.05) is 38.3 Å². The molecule has 1 N–H and O–H groups in total. The number of ether oxygens (including phenoxy) is 1. The van der Waals surface area contributed by atoms with E-state index in [1.54, 1.807) is 36.4 Å². The number of nitriles is 1. The molecule has 0 unspecified atom stereocenters. The molecule has 2 aromatic carbocycles. The van der Waals surface area contributed by atoms with Gasteiger partial charge in [0.15, 0.2) is 0 Å². The monoisotopic (exact) mass is 449 g/mol. The second-order valence-electron chi connectivity index (χ2n) is 7.10. The molecular formula is C25H24FN3O2S. The Labute approximate surface area is 191 Å². The van der Waals surface area contributed by atoms with Gasteiger partial charge in [0, 0.05) is 17.1 Å². The second-order valence-corrected chi connectivity index (χ2v) is 7.96. The lowest BCUT2D eigenvalue weighted by Gasteiger charge is -2.09. The lowest BCUT2D eigenvalue weighted by molar-refractivity contribution is 0.0499. The van der Waals surface area contributed by atoms with Crippen LogP contribution in [-0.2, 0) is 4.74 Å². The van der Waals surface area contributed by atoms with Crippen molar-refractivity contribution >= 4 is 28.6 Å². The molecule has 0 aliphatic rings. The zero-order chi connectivity index (χ0) is 22.8. The largest absolute Gasteiger partial charge is 0.462 e. The van der Waals surface area contributed by atoms with Gasteiger partial charge in [-0.25, -0.2) is 14.2 Å². The van der Waals surface area contributed by atoms with Crippen LogP contribution in [-0.4, -0.2) is 17.6 Å². The fourth-order valence-electron chi connectivity index (χ4n) is 3.00. The first-order valence-electron chi connectivity index (χ1n) is 10.5. The fourth-order valence-corrected chi connectivity index (χ4v) is 3.80. The van der Waals surface area contributed by atoms with Crippen molar-refractivity contribution in [1.82, 2.24) is 4.98 Å². The van der Waals surface area contributed by atoms with Crippen LogP contribution in [0.4, 0.5) is 10.1 Å². The van der Waals surface area contributed by atoms with E-state index in [1.807, 2.05) is 5.38 Å². The molecule has 0 saturated carbocycles. The fraction of sp³-hybridized carbons (Fsp3) is 0.240. The van der Waals surface area contributed by atoms with Crippen molar-refractivity contribution < 1.29 is 13.9 Å². The molecule has 164 valence electrons. The van der Waals surface area contributed by atoms with Gasteiger partial charge in [-0.15, -0.1) is 11.3 Å². The summed E-state index contributed by atoms with van der Waals surface area (Å²) < 4.78 is 18.5. The molecule has 0 amide bonds. The first-order valence-corrected chi connectivity index (χ1v) is 11.3. The maximum atomic E-state index is 13.1. The number of nitrogens with one attached hydrogen (secondary N) is 1. The molecule has 0 aliphatic carbocycles. The van der Waals surface area contributed by atoms with E-state index in [0.717, 1.165) is 31.2 Å². The predicted octanol–water partition coefficient (Wildman–Crippen LogP) is 6.66. The summed E-state index contributed by atoms with van der Waals surface area (Å²) >= 11 is 1.32. The van der Waals surface area contributed by atoms with Crippen molar-refractivity contribution in [1.29, 1.82) is 5.26 Å². The number of anilines is 1. The topological polar surface area (TPSA) is 75.0 Å². The summed E-state index contributed by atoms with van der Waals surface area (Å²) in [7, 11) is 0. The Balaban J connectivity index is 1.70. The van der Waals surface area contributed by atoms with Crippen molar-refractivity contribution in [3.63, 3.8) is 0 Å². The summed E-state index contributed by atoms with van der Waals surface area (Å²) in [6.07, 6.45) is 5.65. The van der Waals surface area contributed by atoms with Crippen LogP contribution in [0.3, 0.4) is 0 Å².